The highest BCUT2D eigenvalue weighted by molar-refractivity contribution is 5.44. The van der Waals surface area contributed by atoms with Crippen LogP contribution in [0.2, 0.25) is 0 Å². The Labute approximate surface area is 103 Å². The molecule has 1 aliphatic carbocycles. The number of ether oxygens (including phenoxy) is 1. The van der Waals surface area contributed by atoms with Gasteiger partial charge in [-0.1, -0.05) is 13.0 Å². The lowest BCUT2D eigenvalue weighted by atomic mass is 9.82. The van der Waals surface area contributed by atoms with E-state index in [9.17, 15) is 5.11 Å². The lowest BCUT2D eigenvalue weighted by molar-refractivity contribution is 0.304. The van der Waals surface area contributed by atoms with Crippen LogP contribution in [-0.4, -0.2) is 16.8 Å². The Kier molecular flexibility index (Phi) is 2.27. The van der Waals surface area contributed by atoms with Gasteiger partial charge >= 0.3 is 0 Å². The largest absolute Gasteiger partial charge is 0.508 e. The van der Waals surface area contributed by atoms with Crippen LogP contribution in [0.1, 0.15) is 49.3 Å². The van der Waals surface area contributed by atoms with E-state index >= 15 is 0 Å². The van der Waals surface area contributed by atoms with Crippen LogP contribution in [0, 0.1) is 6.92 Å². The Bertz CT molecular complexity index is 466. The van der Waals surface area contributed by atoms with Crippen molar-refractivity contribution in [2.75, 3.05) is 0 Å². The van der Waals surface area contributed by atoms with Crippen molar-refractivity contribution in [1.82, 2.24) is 0 Å². The number of aromatic hydroxyl groups is 1. The predicted molar refractivity (Wildman–Crippen MR) is 67.5 cm³/mol. The molecule has 0 spiro atoms. The van der Waals surface area contributed by atoms with Crippen LogP contribution in [-0.2, 0) is 11.2 Å². The fourth-order valence-electron chi connectivity index (χ4n) is 3.13. The average Bonchev–Trinajstić information content (AvgIpc) is 2.89. The van der Waals surface area contributed by atoms with E-state index in [1.54, 1.807) is 0 Å². The number of benzene rings is 1. The van der Waals surface area contributed by atoms with Crippen LogP contribution >= 0.6 is 0 Å². The Morgan fingerprint density at radius 1 is 1.35 bits per heavy atom. The van der Waals surface area contributed by atoms with Crippen molar-refractivity contribution < 1.29 is 9.84 Å². The van der Waals surface area contributed by atoms with Gasteiger partial charge in [0.05, 0.1) is 11.7 Å². The van der Waals surface area contributed by atoms with Gasteiger partial charge in [-0.3, -0.25) is 0 Å². The topological polar surface area (TPSA) is 32.8 Å². The van der Waals surface area contributed by atoms with Gasteiger partial charge in [0.15, 0.2) is 0 Å². The molecule has 1 aliphatic heterocycles. The first-order valence-electron chi connectivity index (χ1n) is 6.50. The number of hydrogen-bond donors (Lipinski definition) is 1. The predicted octanol–water partition coefficient (Wildman–Crippen LogP) is 3.30. The third kappa shape index (κ3) is 1.75. The minimum Gasteiger partial charge on any atom is -0.508 e. The summed E-state index contributed by atoms with van der Waals surface area (Å²) < 4.78 is 5.84. The van der Waals surface area contributed by atoms with Gasteiger partial charge in [-0.2, -0.15) is 0 Å². The number of epoxide rings is 1. The van der Waals surface area contributed by atoms with E-state index < -0.39 is 0 Å². The van der Waals surface area contributed by atoms with Crippen molar-refractivity contribution in [1.29, 1.82) is 0 Å². The van der Waals surface area contributed by atoms with Crippen LogP contribution in [0.3, 0.4) is 0 Å². The van der Waals surface area contributed by atoms with Crippen molar-refractivity contribution in [3.63, 3.8) is 0 Å². The molecular formula is C15H20O2. The van der Waals surface area contributed by atoms with Crippen LogP contribution in [0.4, 0.5) is 0 Å². The maximum Gasteiger partial charge on any atom is 0.118 e. The molecule has 2 aliphatic rings. The molecule has 3 rings (SSSR count). The summed E-state index contributed by atoms with van der Waals surface area (Å²) in [4.78, 5) is 0. The van der Waals surface area contributed by atoms with Gasteiger partial charge in [0, 0.05) is 6.42 Å². The first kappa shape index (κ1) is 11.1. The molecule has 0 aromatic heterocycles. The lowest BCUT2D eigenvalue weighted by Crippen LogP contribution is -2.19. The summed E-state index contributed by atoms with van der Waals surface area (Å²) in [7, 11) is 0. The van der Waals surface area contributed by atoms with E-state index in [-0.39, 0.29) is 5.60 Å². The number of aryl methyl sites for hydroxylation is 1. The number of phenols is 1. The van der Waals surface area contributed by atoms with Crippen molar-refractivity contribution in [3.05, 3.63) is 28.8 Å². The summed E-state index contributed by atoms with van der Waals surface area (Å²) in [5.41, 5.74) is 3.69. The minimum absolute atomic E-state index is 0.0539. The quantitative estimate of drug-likeness (QED) is 0.696. The molecule has 1 fully saturated rings. The molecule has 3 atom stereocenters. The second-order valence-corrected chi connectivity index (χ2v) is 5.91. The minimum atomic E-state index is 0.0539. The molecule has 1 N–H and O–H groups in total. The van der Waals surface area contributed by atoms with Gasteiger partial charge in [-0.25, -0.2) is 0 Å². The maximum absolute atomic E-state index is 9.86. The Morgan fingerprint density at radius 2 is 2.12 bits per heavy atom. The van der Waals surface area contributed by atoms with Crippen molar-refractivity contribution in [3.8, 4) is 5.75 Å². The Hall–Kier alpha value is -1.02. The van der Waals surface area contributed by atoms with Crippen molar-refractivity contribution >= 4 is 0 Å². The molecule has 2 heteroatoms. The second-order valence-electron chi connectivity index (χ2n) is 5.91. The molecule has 0 amide bonds. The number of phenolic OH excluding ortho intramolecular Hbond substituents is 1. The molecule has 0 radical (unpaired) electrons. The molecule has 1 aromatic carbocycles. The van der Waals surface area contributed by atoms with E-state index in [2.05, 4.69) is 19.9 Å². The summed E-state index contributed by atoms with van der Waals surface area (Å²) in [6, 6.07) is 4.10. The first-order valence-corrected chi connectivity index (χ1v) is 6.50. The molecule has 0 unspecified atom stereocenters. The average molecular weight is 232 g/mol. The highest BCUT2D eigenvalue weighted by atomic mass is 16.6. The van der Waals surface area contributed by atoms with Gasteiger partial charge in [0.2, 0.25) is 0 Å². The molecule has 1 saturated heterocycles. The lowest BCUT2D eigenvalue weighted by Gasteiger charge is -2.22. The highest BCUT2D eigenvalue weighted by Gasteiger charge is 2.52. The number of hydrogen-bond acceptors (Lipinski definition) is 2. The van der Waals surface area contributed by atoms with Gasteiger partial charge in [-0.05, 0) is 55.4 Å². The summed E-state index contributed by atoms with van der Waals surface area (Å²) in [5, 5.41) is 9.86. The van der Waals surface area contributed by atoms with Gasteiger partial charge < -0.3 is 9.84 Å². The van der Waals surface area contributed by atoms with E-state index in [0.717, 1.165) is 24.8 Å². The monoisotopic (exact) mass is 232 g/mol. The molecule has 92 valence electrons. The van der Waals surface area contributed by atoms with Gasteiger partial charge in [-0.15, -0.1) is 0 Å². The zero-order valence-electron chi connectivity index (χ0n) is 10.8. The molecule has 1 aromatic rings. The van der Waals surface area contributed by atoms with E-state index in [1.165, 1.54) is 11.1 Å². The molecule has 2 nitrogen and oxygen atoms in total. The zero-order valence-corrected chi connectivity index (χ0v) is 10.8. The second kappa shape index (κ2) is 3.49. The van der Waals surface area contributed by atoms with E-state index in [0.29, 0.717) is 17.8 Å². The fourth-order valence-corrected chi connectivity index (χ4v) is 3.13. The van der Waals surface area contributed by atoms with E-state index in [4.69, 9.17) is 4.74 Å². The summed E-state index contributed by atoms with van der Waals surface area (Å²) in [5.74, 6) is 0.944. The van der Waals surface area contributed by atoms with Crippen molar-refractivity contribution in [2.45, 2.75) is 57.7 Å². The standard InChI is InChI=1S/C15H20O2/c1-9-4-5-14-15(3,17-14)8-11-6-10(2)13(16)7-12(9)11/h6-7,9,14,16H,4-5,8H2,1-3H3/t9-,14+,15-/m1/s1. The van der Waals surface area contributed by atoms with E-state index in [1.807, 2.05) is 13.0 Å². The van der Waals surface area contributed by atoms with Gasteiger partial charge in [0.25, 0.3) is 0 Å². The zero-order chi connectivity index (χ0) is 12.2. The number of rotatable bonds is 0. The maximum atomic E-state index is 9.86. The Balaban J connectivity index is 2.06. The van der Waals surface area contributed by atoms with Crippen LogP contribution < -0.4 is 0 Å². The summed E-state index contributed by atoms with van der Waals surface area (Å²) >= 11 is 0. The SMILES string of the molecule is Cc1cc2c(cc1O)[C@H](C)CC[C@@H]1O[C@]1(C)C2. The smallest absolute Gasteiger partial charge is 0.118 e. The third-order valence-electron chi connectivity index (χ3n) is 4.43. The summed E-state index contributed by atoms with van der Waals surface area (Å²) in [6.45, 7) is 6.42. The normalized spacial score (nSPS) is 35.5. The first-order chi connectivity index (χ1) is 7.99. The molecule has 17 heavy (non-hydrogen) atoms. The van der Waals surface area contributed by atoms with Crippen LogP contribution in [0.15, 0.2) is 12.1 Å². The molecule has 0 bridgehead atoms. The van der Waals surface area contributed by atoms with Crippen LogP contribution in [0.5, 0.6) is 5.75 Å². The van der Waals surface area contributed by atoms with Crippen LogP contribution in [0.25, 0.3) is 0 Å². The molecule has 1 heterocycles. The molecular weight excluding hydrogens is 212 g/mol. The third-order valence-corrected chi connectivity index (χ3v) is 4.43. The van der Waals surface area contributed by atoms with Crippen molar-refractivity contribution in [2.24, 2.45) is 0 Å². The summed E-state index contributed by atoms with van der Waals surface area (Å²) in [6.07, 6.45) is 3.73. The highest BCUT2D eigenvalue weighted by Crippen LogP contribution is 2.47. The fraction of sp³-hybridized carbons (Fsp3) is 0.600. The number of fused-ring (bicyclic) bond motifs is 2. The Morgan fingerprint density at radius 3 is 2.88 bits per heavy atom. The molecule has 0 saturated carbocycles. The van der Waals surface area contributed by atoms with Gasteiger partial charge in [0.1, 0.15) is 5.75 Å².